The number of nitriles is 1. The van der Waals surface area contributed by atoms with Crippen LogP contribution >= 0.6 is 0 Å². The molecule has 0 saturated heterocycles. The number of unbranched alkanes of at least 4 members (excludes halogenated alkanes) is 2. The van der Waals surface area contributed by atoms with Gasteiger partial charge in [0.1, 0.15) is 0 Å². The first kappa shape index (κ1) is 19.6. The summed E-state index contributed by atoms with van der Waals surface area (Å²) in [5, 5.41) is 16.8. The monoisotopic (exact) mass is 354 g/mol. The molecule has 0 aliphatic rings. The van der Waals surface area contributed by atoms with Crippen LogP contribution in [0.4, 0.5) is 0 Å². The van der Waals surface area contributed by atoms with Gasteiger partial charge in [0, 0.05) is 18.4 Å². The Hall–Kier alpha value is -2.68. The summed E-state index contributed by atoms with van der Waals surface area (Å²) in [5.41, 5.74) is 0.832. The van der Waals surface area contributed by atoms with Crippen LogP contribution in [0.2, 0.25) is 0 Å². The topological polar surface area (TPSA) is 87.8 Å². The lowest BCUT2D eigenvalue weighted by atomic mass is 9.84. The zero-order valence-corrected chi connectivity index (χ0v) is 15.9. The largest absolute Gasteiger partial charge is 0.340 e. The van der Waals surface area contributed by atoms with Gasteiger partial charge in [0.2, 0.25) is 0 Å². The first-order valence-electron chi connectivity index (χ1n) is 8.89. The Morgan fingerprint density at radius 3 is 2.58 bits per heavy atom. The molecular formula is C20H26N4O2. The molecule has 138 valence electrons. The normalized spacial score (nSPS) is 12.6. The number of rotatable bonds is 7. The van der Waals surface area contributed by atoms with Gasteiger partial charge in [-0.25, -0.2) is 0 Å². The minimum absolute atomic E-state index is 0.0777. The second-order valence-corrected chi connectivity index (χ2v) is 7.59. The highest BCUT2D eigenvalue weighted by Gasteiger charge is 2.31. The Labute approximate surface area is 154 Å². The quantitative estimate of drug-likeness (QED) is 0.771. The fraction of sp³-hybridized carbons (Fsp3) is 0.500. The van der Waals surface area contributed by atoms with Gasteiger partial charge in [-0.15, -0.1) is 0 Å². The van der Waals surface area contributed by atoms with Gasteiger partial charge in [-0.2, -0.15) is 10.4 Å². The summed E-state index contributed by atoms with van der Waals surface area (Å²) < 4.78 is 1.81. The lowest BCUT2D eigenvalue weighted by Crippen LogP contribution is -2.48. The van der Waals surface area contributed by atoms with Crippen molar-refractivity contribution in [3.63, 3.8) is 0 Å². The predicted molar refractivity (Wildman–Crippen MR) is 101 cm³/mol. The smallest absolute Gasteiger partial charge is 0.273 e. The van der Waals surface area contributed by atoms with Crippen LogP contribution in [-0.2, 0) is 11.3 Å². The van der Waals surface area contributed by atoms with Crippen LogP contribution in [0.25, 0.3) is 10.9 Å². The number of hydrogen-bond donors (Lipinski definition) is 1. The third-order valence-electron chi connectivity index (χ3n) is 4.33. The molecule has 6 heteroatoms. The molecule has 0 bridgehead atoms. The van der Waals surface area contributed by atoms with E-state index in [4.69, 9.17) is 5.26 Å². The van der Waals surface area contributed by atoms with Crippen molar-refractivity contribution in [2.45, 2.75) is 59.5 Å². The van der Waals surface area contributed by atoms with Crippen molar-refractivity contribution < 1.29 is 9.59 Å². The number of benzene rings is 1. The number of aryl methyl sites for hydroxylation is 1. The van der Waals surface area contributed by atoms with Gasteiger partial charge in [-0.3, -0.25) is 14.3 Å². The van der Waals surface area contributed by atoms with Crippen molar-refractivity contribution in [2.75, 3.05) is 0 Å². The minimum Gasteiger partial charge on any atom is -0.340 e. The molecule has 0 spiro atoms. The number of carbonyl (C=O) groups excluding carboxylic acids is 2. The highest BCUT2D eigenvalue weighted by atomic mass is 16.2. The summed E-state index contributed by atoms with van der Waals surface area (Å²) in [6, 6.07) is 9.13. The van der Waals surface area contributed by atoms with Crippen LogP contribution in [0.5, 0.6) is 0 Å². The molecule has 0 fully saturated rings. The van der Waals surface area contributed by atoms with E-state index in [-0.39, 0.29) is 17.1 Å². The molecule has 0 aliphatic carbocycles. The summed E-state index contributed by atoms with van der Waals surface area (Å²) in [7, 11) is 0. The number of nitrogens with one attached hydrogen (secondary N) is 1. The van der Waals surface area contributed by atoms with E-state index in [1.165, 1.54) is 6.92 Å². The maximum atomic E-state index is 12.8. The van der Waals surface area contributed by atoms with E-state index in [0.717, 1.165) is 23.7 Å². The number of carbonyl (C=O) groups is 2. The number of aromatic nitrogens is 2. The molecule has 1 aromatic heterocycles. The average Bonchev–Trinajstić information content (AvgIpc) is 2.94. The summed E-state index contributed by atoms with van der Waals surface area (Å²) in [6.07, 6.45) is 2.12. The van der Waals surface area contributed by atoms with Gasteiger partial charge in [0.15, 0.2) is 11.5 Å². The van der Waals surface area contributed by atoms with E-state index in [1.54, 1.807) is 0 Å². The molecule has 1 aromatic carbocycles. The Morgan fingerprint density at radius 1 is 1.27 bits per heavy atom. The van der Waals surface area contributed by atoms with Gasteiger partial charge in [0.25, 0.3) is 5.91 Å². The van der Waals surface area contributed by atoms with E-state index < -0.39 is 6.04 Å². The molecule has 1 amide bonds. The van der Waals surface area contributed by atoms with Crippen LogP contribution in [0.3, 0.4) is 0 Å². The first-order valence-corrected chi connectivity index (χ1v) is 8.89. The van der Waals surface area contributed by atoms with Gasteiger partial charge in [-0.1, -0.05) is 39.0 Å². The van der Waals surface area contributed by atoms with Gasteiger partial charge in [-0.05, 0) is 31.2 Å². The molecule has 6 nitrogen and oxygen atoms in total. The molecule has 1 heterocycles. The SMILES string of the molecule is CC(=O)C(NC(=O)c1nn(CCCCC#N)c2ccccc12)C(C)(C)C. The molecule has 26 heavy (non-hydrogen) atoms. The van der Waals surface area contributed by atoms with Crippen LogP contribution in [-0.4, -0.2) is 27.5 Å². The minimum atomic E-state index is -0.574. The number of fused-ring (bicyclic) bond motifs is 1. The van der Waals surface area contributed by atoms with Crippen LogP contribution < -0.4 is 5.32 Å². The van der Waals surface area contributed by atoms with E-state index in [0.29, 0.717) is 18.7 Å². The molecule has 0 aliphatic heterocycles. The summed E-state index contributed by atoms with van der Waals surface area (Å²) in [4.78, 5) is 24.8. The number of nitrogens with zero attached hydrogens (tertiary/aromatic N) is 3. The fourth-order valence-corrected chi connectivity index (χ4v) is 3.06. The molecule has 0 saturated carbocycles. The third kappa shape index (κ3) is 4.48. The van der Waals surface area contributed by atoms with Crippen molar-refractivity contribution in [3.05, 3.63) is 30.0 Å². The zero-order valence-electron chi connectivity index (χ0n) is 15.9. The van der Waals surface area contributed by atoms with Crippen LogP contribution in [0, 0.1) is 16.7 Å². The Bertz CT molecular complexity index is 840. The van der Waals surface area contributed by atoms with Crippen LogP contribution in [0.15, 0.2) is 24.3 Å². The molecule has 2 aromatic rings. The lowest BCUT2D eigenvalue weighted by Gasteiger charge is -2.29. The summed E-state index contributed by atoms with van der Waals surface area (Å²) >= 11 is 0. The molecular weight excluding hydrogens is 328 g/mol. The average molecular weight is 354 g/mol. The van der Waals surface area contributed by atoms with E-state index in [9.17, 15) is 9.59 Å². The summed E-state index contributed by atoms with van der Waals surface area (Å²) in [6.45, 7) is 7.90. The maximum absolute atomic E-state index is 12.8. The molecule has 2 rings (SSSR count). The second-order valence-electron chi connectivity index (χ2n) is 7.59. The number of ketones is 1. The molecule has 0 radical (unpaired) electrons. The molecule has 1 N–H and O–H groups in total. The van der Waals surface area contributed by atoms with Gasteiger partial charge < -0.3 is 5.32 Å². The van der Waals surface area contributed by atoms with Crippen molar-refractivity contribution in [2.24, 2.45) is 5.41 Å². The highest BCUT2D eigenvalue weighted by Crippen LogP contribution is 2.23. The van der Waals surface area contributed by atoms with Gasteiger partial charge >= 0.3 is 0 Å². The molecule has 1 unspecified atom stereocenters. The third-order valence-corrected chi connectivity index (χ3v) is 4.33. The Kier molecular flexibility index (Phi) is 6.14. The number of amides is 1. The van der Waals surface area contributed by atoms with Crippen molar-refractivity contribution in [1.82, 2.24) is 15.1 Å². The standard InChI is InChI=1S/C20H26N4O2/c1-14(25)18(20(2,3)4)22-19(26)17-15-10-6-7-11-16(15)24(23-17)13-9-5-8-12-21/h6-7,10-11,18H,5,8-9,13H2,1-4H3,(H,22,26). The number of para-hydroxylation sites is 1. The van der Waals surface area contributed by atoms with E-state index in [2.05, 4.69) is 16.5 Å². The highest BCUT2D eigenvalue weighted by molar-refractivity contribution is 6.06. The number of Topliss-reactive ketones (excluding diaryl/α,β-unsaturated/α-hetero) is 1. The van der Waals surface area contributed by atoms with Gasteiger partial charge in [0.05, 0.1) is 17.6 Å². The zero-order chi connectivity index (χ0) is 19.3. The second kappa shape index (κ2) is 8.13. The van der Waals surface area contributed by atoms with E-state index >= 15 is 0 Å². The summed E-state index contributed by atoms with van der Waals surface area (Å²) in [5.74, 6) is -0.418. The van der Waals surface area contributed by atoms with E-state index in [1.807, 2.05) is 49.7 Å². The lowest BCUT2D eigenvalue weighted by molar-refractivity contribution is -0.121. The van der Waals surface area contributed by atoms with Crippen molar-refractivity contribution >= 4 is 22.6 Å². The van der Waals surface area contributed by atoms with Crippen molar-refractivity contribution in [3.8, 4) is 6.07 Å². The fourth-order valence-electron chi connectivity index (χ4n) is 3.06. The Balaban J connectivity index is 2.30. The van der Waals surface area contributed by atoms with Crippen LogP contribution in [0.1, 0.15) is 57.4 Å². The Morgan fingerprint density at radius 2 is 1.96 bits per heavy atom. The van der Waals surface area contributed by atoms with Crippen molar-refractivity contribution in [1.29, 1.82) is 5.26 Å². The number of hydrogen-bond acceptors (Lipinski definition) is 4. The predicted octanol–water partition coefficient (Wildman–Crippen LogP) is 3.46. The first-order chi connectivity index (χ1) is 12.3. The maximum Gasteiger partial charge on any atom is 0.273 e. The molecule has 1 atom stereocenters.